The molecule has 2 rings (SSSR count). The number of hydrogen-bond donors (Lipinski definition) is 1. The van der Waals surface area contributed by atoms with Gasteiger partial charge in [-0.2, -0.15) is 9.97 Å². The van der Waals surface area contributed by atoms with Gasteiger partial charge in [-0.05, 0) is 19.1 Å². The van der Waals surface area contributed by atoms with Gasteiger partial charge in [-0.25, -0.2) is 4.98 Å². The zero-order valence-corrected chi connectivity index (χ0v) is 10.3. The van der Waals surface area contributed by atoms with E-state index in [1.807, 2.05) is 37.3 Å². The van der Waals surface area contributed by atoms with Crippen LogP contribution in [0.15, 0.2) is 30.3 Å². The lowest BCUT2D eigenvalue weighted by molar-refractivity contribution is 0.950. The van der Waals surface area contributed by atoms with Gasteiger partial charge in [0.05, 0.1) is 0 Å². The average Bonchev–Trinajstić information content (AvgIpc) is 2.17. The van der Waals surface area contributed by atoms with E-state index < -0.39 is 0 Å². The number of benzene rings is 1. The minimum absolute atomic E-state index is 0.582. The molecule has 0 radical (unpaired) electrons. The minimum atomic E-state index is 0.582. The summed E-state index contributed by atoms with van der Waals surface area (Å²) in [5, 5.41) is 3.12. The molecule has 0 unspecified atom stereocenters. The molecule has 1 aromatic heterocycles. The van der Waals surface area contributed by atoms with Gasteiger partial charge in [0.1, 0.15) is 5.82 Å². The van der Waals surface area contributed by atoms with Crippen molar-refractivity contribution in [1.29, 1.82) is 0 Å². The van der Waals surface area contributed by atoms with E-state index in [0.29, 0.717) is 15.6 Å². The van der Waals surface area contributed by atoms with Crippen molar-refractivity contribution in [3.05, 3.63) is 40.0 Å². The van der Waals surface area contributed by atoms with Crippen LogP contribution in [0.25, 0.3) is 0 Å². The highest BCUT2D eigenvalue weighted by atomic mass is 127. The van der Waals surface area contributed by atoms with E-state index in [0.717, 1.165) is 5.69 Å². The predicted octanol–water partition coefficient (Wildman–Crippen LogP) is 2.53. The van der Waals surface area contributed by atoms with Crippen LogP contribution in [0.5, 0.6) is 0 Å². The van der Waals surface area contributed by atoms with Crippen molar-refractivity contribution >= 4 is 34.2 Å². The Bertz CT molecular complexity index is 438. The second-order valence-electron chi connectivity index (χ2n) is 2.97. The lowest BCUT2D eigenvalue weighted by Crippen LogP contribution is -2.02. The van der Waals surface area contributed by atoms with E-state index >= 15 is 0 Å². The summed E-state index contributed by atoms with van der Waals surface area (Å²) >= 11 is 2.07. The SMILES string of the molecule is Cc1nc(I)nc(Nc2ccccc2)n1. The zero-order chi connectivity index (χ0) is 10.7. The lowest BCUT2D eigenvalue weighted by atomic mass is 10.3. The molecule has 0 aliphatic heterocycles. The number of anilines is 2. The molecule has 0 aliphatic rings. The molecule has 0 saturated heterocycles. The van der Waals surface area contributed by atoms with Gasteiger partial charge in [-0.1, -0.05) is 18.2 Å². The van der Waals surface area contributed by atoms with Gasteiger partial charge >= 0.3 is 0 Å². The van der Waals surface area contributed by atoms with Crippen LogP contribution in [-0.2, 0) is 0 Å². The number of rotatable bonds is 2. The number of nitrogens with one attached hydrogen (secondary N) is 1. The van der Waals surface area contributed by atoms with Crippen molar-refractivity contribution in [3.8, 4) is 0 Å². The van der Waals surface area contributed by atoms with Crippen molar-refractivity contribution in [2.24, 2.45) is 0 Å². The van der Waals surface area contributed by atoms with E-state index in [-0.39, 0.29) is 0 Å². The van der Waals surface area contributed by atoms with Gasteiger partial charge in [0.2, 0.25) is 5.95 Å². The minimum Gasteiger partial charge on any atom is -0.324 e. The molecule has 1 aromatic carbocycles. The summed E-state index contributed by atoms with van der Waals surface area (Å²) in [5.74, 6) is 1.30. The van der Waals surface area contributed by atoms with Gasteiger partial charge in [-0.3, -0.25) is 0 Å². The van der Waals surface area contributed by atoms with E-state index in [1.165, 1.54) is 0 Å². The number of hydrogen-bond acceptors (Lipinski definition) is 4. The molecule has 0 amide bonds. The van der Waals surface area contributed by atoms with E-state index in [4.69, 9.17) is 0 Å². The average molecular weight is 312 g/mol. The summed E-state index contributed by atoms with van der Waals surface area (Å²) < 4.78 is 0.693. The quantitative estimate of drug-likeness (QED) is 0.866. The van der Waals surface area contributed by atoms with Gasteiger partial charge in [0, 0.05) is 28.3 Å². The maximum absolute atomic E-state index is 4.19. The fourth-order valence-electron chi connectivity index (χ4n) is 1.16. The molecule has 0 fully saturated rings. The molecule has 1 heterocycles. The molecule has 1 N–H and O–H groups in total. The highest BCUT2D eigenvalue weighted by Crippen LogP contribution is 2.12. The smallest absolute Gasteiger partial charge is 0.231 e. The summed E-state index contributed by atoms with van der Waals surface area (Å²) in [6, 6.07) is 9.81. The van der Waals surface area contributed by atoms with Crippen LogP contribution < -0.4 is 5.32 Å². The lowest BCUT2D eigenvalue weighted by Gasteiger charge is -2.04. The molecule has 76 valence electrons. The van der Waals surface area contributed by atoms with Gasteiger partial charge in [0.25, 0.3) is 0 Å². The molecule has 5 heteroatoms. The summed E-state index contributed by atoms with van der Waals surface area (Å²) in [7, 11) is 0. The molecule has 0 saturated carbocycles. The predicted molar refractivity (Wildman–Crippen MR) is 67.0 cm³/mol. The van der Waals surface area contributed by atoms with Crippen LogP contribution in [0.4, 0.5) is 11.6 Å². The maximum atomic E-state index is 4.19. The fourth-order valence-corrected chi connectivity index (χ4v) is 1.73. The van der Waals surface area contributed by atoms with Crippen molar-refractivity contribution < 1.29 is 0 Å². The Labute approximate surface area is 101 Å². The van der Waals surface area contributed by atoms with Crippen molar-refractivity contribution in [3.63, 3.8) is 0 Å². The Kier molecular flexibility index (Phi) is 3.10. The van der Waals surface area contributed by atoms with Gasteiger partial charge in [-0.15, -0.1) is 0 Å². The summed E-state index contributed by atoms with van der Waals surface area (Å²) in [6.45, 7) is 1.85. The van der Waals surface area contributed by atoms with Crippen molar-refractivity contribution in [2.45, 2.75) is 6.92 Å². The first-order valence-corrected chi connectivity index (χ1v) is 5.52. The molecule has 0 atom stereocenters. The number of nitrogens with zero attached hydrogens (tertiary/aromatic N) is 3. The monoisotopic (exact) mass is 312 g/mol. The van der Waals surface area contributed by atoms with E-state index in [9.17, 15) is 0 Å². The molecular formula is C10H9IN4. The topological polar surface area (TPSA) is 50.7 Å². The third-order valence-electron chi connectivity index (χ3n) is 1.75. The Hall–Kier alpha value is -1.24. The third kappa shape index (κ3) is 2.85. The number of aryl methyl sites for hydroxylation is 1. The third-order valence-corrected chi connectivity index (χ3v) is 2.23. The van der Waals surface area contributed by atoms with Crippen molar-refractivity contribution in [2.75, 3.05) is 5.32 Å². The van der Waals surface area contributed by atoms with Gasteiger partial charge in [0.15, 0.2) is 3.83 Å². The van der Waals surface area contributed by atoms with Crippen LogP contribution in [0.3, 0.4) is 0 Å². The largest absolute Gasteiger partial charge is 0.324 e. The second kappa shape index (κ2) is 4.52. The van der Waals surface area contributed by atoms with E-state index in [2.05, 4.69) is 42.9 Å². The normalized spacial score (nSPS) is 10.0. The maximum Gasteiger partial charge on any atom is 0.231 e. The van der Waals surface area contributed by atoms with Crippen LogP contribution in [0.1, 0.15) is 5.82 Å². The molecule has 0 spiro atoms. The molecular weight excluding hydrogens is 303 g/mol. The number of para-hydroxylation sites is 1. The summed E-state index contributed by atoms with van der Waals surface area (Å²) in [6.07, 6.45) is 0. The molecule has 4 nitrogen and oxygen atoms in total. The Balaban J connectivity index is 2.25. The second-order valence-corrected chi connectivity index (χ2v) is 3.93. The molecule has 0 aliphatic carbocycles. The summed E-state index contributed by atoms with van der Waals surface area (Å²) in [4.78, 5) is 12.5. The first kappa shape index (κ1) is 10.3. The fraction of sp³-hybridized carbons (Fsp3) is 0.100. The molecule has 15 heavy (non-hydrogen) atoms. The molecule has 2 aromatic rings. The first-order chi connectivity index (χ1) is 7.24. The van der Waals surface area contributed by atoms with Crippen LogP contribution in [0, 0.1) is 10.8 Å². The van der Waals surface area contributed by atoms with Crippen LogP contribution >= 0.6 is 22.6 Å². The van der Waals surface area contributed by atoms with Crippen molar-refractivity contribution in [1.82, 2.24) is 15.0 Å². The highest BCUT2D eigenvalue weighted by Gasteiger charge is 2.00. The van der Waals surface area contributed by atoms with Gasteiger partial charge < -0.3 is 5.32 Å². The first-order valence-electron chi connectivity index (χ1n) is 4.44. The Morgan fingerprint density at radius 1 is 1.07 bits per heavy atom. The molecule has 0 bridgehead atoms. The Morgan fingerprint density at radius 2 is 1.80 bits per heavy atom. The number of aromatic nitrogens is 3. The van der Waals surface area contributed by atoms with Crippen LogP contribution in [0.2, 0.25) is 0 Å². The zero-order valence-electron chi connectivity index (χ0n) is 8.11. The number of halogens is 1. The standard InChI is InChI=1S/C10H9IN4/c1-7-12-9(11)15-10(13-7)14-8-5-3-2-4-6-8/h2-6H,1H3,(H,12,13,14,15). The van der Waals surface area contributed by atoms with E-state index in [1.54, 1.807) is 0 Å². The van der Waals surface area contributed by atoms with Crippen LogP contribution in [-0.4, -0.2) is 15.0 Å². The summed E-state index contributed by atoms with van der Waals surface area (Å²) in [5.41, 5.74) is 0.971. The highest BCUT2D eigenvalue weighted by molar-refractivity contribution is 14.1. The Morgan fingerprint density at radius 3 is 2.47 bits per heavy atom.